The molecule has 0 aromatic carbocycles. The van der Waals surface area contributed by atoms with Gasteiger partial charge in [-0.1, -0.05) is 0 Å². The smallest absolute Gasteiger partial charge is 0.242 e. The van der Waals surface area contributed by atoms with Gasteiger partial charge in [-0.25, -0.2) is 4.98 Å². The van der Waals surface area contributed by atoms with Gasteiger partial charge in [-0.05, 0) is 20.8 Å². The summed E-state index contributed by atoms with van der Waals surface area (Å²) >= 11 is 0. The van der Waals surface area contributed by atoms with Crippen molar-refractivity contribution in [3.05, 3.63) is 18.2 Å². The third-order valence-corrected chi connectivity index (χ3v) is 2.40. The van der Waals surface area contributed by atoms with Crippen molar-refractivity contribution in [2.24, 2.45) is 0 Å². The minimum absolute atomic E-state index is 0.0562. The van der Waals surface area contributed by atoms with Gasteiger partial charge in [0.1, 0.15) is 6.54 Å². The number of nitrogens with zero attached hydrogens (tertiary/aromatic N) is 3. The van der Waals surface area contributed by atoms with Gasteiger partial charge in [0.2, 0.25) is 5.91 Å². The van der Waals surface area contributed by atoms with E-state index < -0.39 is 0 Å². The second kappa shape index (κ2) is 5.31. The van der Waals surface area contributed by atoms with Crippen LogP contribution in [0, 0.1) is 0 Å². The van der Waals surface area contributed by atoms with E-state index in [9.17, 15) is 4.79 Å². The van der Waals surface area contributed by atoms with E-state index in [1.54, 1.807) is 31.5 Å². The first-order valence-corrected chi connectivity index (χ1v) is 5.74. The van der Waals surface area contributed by atoms with Crippen LogP contribution in [-0.2, 0) is 17.9 Å². The monoisotopic (exact) mass is 238 g/mol. The number of likely N-dealkylation sites (N-methyl/N-ethyl adjacent to an activating group) is 1. The molecule has 0 aliphatic carbocycles. The Bertz CT molecular complexity index is 376. The molecular weight excluding hydrogens is 216 g/mol. The SMILES string of the molecule is CN(C)C(=O)Cn1cncc1CNC(C)(C)C. The van der Waals surface area contributed by atoms with Gasteiger partial charge in [0.15, 0.2) is 0 Å². The number of rotatable bonds is 4. The van der Waals surface area contributed by atoms with Crippen molar-refractivity contribution in [1.82, 2.24) is 19.8 Å². The quantitative estimate of drug-likeness (QED) is 0.846. The van der Waals surface area contributed by atoms with Crippen LogP contribution in [0.1, 0.15) is 26.5 Å². The fraction of sp³-hybridized carbons (Fsp3) is 0.667. The Morgan fingerprint density at radius 3 is 2.65 bits per heavy atom. The molecule has 0 bridgehead atoms. The average molecular weight is 238 g/mol. The first kappa shape index (κ1) is 13.7. The summed E-state index contributed by atoms with van der Waals surface area (Å²) < 4.78 is 1.88. The Balaban J connectivity index is 2.63. The number of hydrogen-bond donors (Lipinski definition) is 1. The van der Waals surface area contributed by atoms with Gasteiger partial charge in [-0.15, -0.1) is 0 Å². The summed E-state index contributed by atoms with van der Waals surface area (Å²) in [5.41, 5.74) is 1.08. The second-order valence-electron chi connectivity index (χ2n) is 5.40. The highest BCUT2D eigenvalue weighted by molar-refractivity contribution is 5.75. The molecule has 1 aromatic rings. The topological polar surface area (TPSA) is 50.2 Å². The molecule has 0 unspecified atom stereocenters. The van der Waals surface area contributed by atoms with Crippen molar-refractivity contribution in [3.8, 4) is 0 Å². The molecule has 0 aliphatic heterocycles. The fourth-order valence-corrected chi connectivity index (χ4v) is 1.28. The third kappa shape index (κ3) is 4.56. The van der Waals surface area contributed by atoms with Gasteiger partial charge in [0.25, 0.3) is 0 Å². The Morgan fingerprint density at radius 2 is 2.12 bits per heavy atom. The summed E-state index contributed by atoms with van der Waals surface area (Å²) in [7, 11) is 3.51. The number of aromatic nitrogens is 2. The fourth-order valence-electron chi connectivity index (χ4n) is 1.28. The minimum atomic E-state index is 0.0562. The summed E-state index contributed by atoms with van der Waals surface area (Å²) in [5.74, 6) is 0.0695. The van der Waals surface area contributed by atoms with Crippen molar-refractivity contribution < 1.29 is 4.79 Å². The Labute approximate surface area is 103 Å². The molecule has 5 nitrogen and oxygen atoms in total. The summed E-state index contributed by atoms with van der Waals surface area (Å²) in [6.45, 7) is 7.38. The Hall–Kier alpha value is -1.36. The molecule has 0 spiro atoms. The van der Waals surface area contributed by atoms with Crippen LogP contribution >= 0.6 is 0 Å². The predicted molar refractivity (Wildman–Crippen MR) is 67.5 cm³/mol. The number of imidazole rings is 1. The van der Waals surface area contributed by atoms with Crippen molar-refractivity contribution in [2.75, 3.05) is 14.1 Å². The van der Waals surface area contributed by atoms with Crippen LogP contribution in [-0.4, -0.2) is 40.0 Å². The summed E-state index contributed by atoms with van der Waals surface area (Å²) in [6.07, 6.45) is 3.49. The van der Waals surface area contributed by atoms with Gasteiger partial charge in [-0.3, -0.25) is 4.79 Å². The lowest BCUT2D eigenvalue weighted by Gasteiger charge is -2.21. The van der Waals surface area contributed by atoms with Crippen LogP contribution in [0.25, 0.3) is 0 Å². The highest BCUT2D eigenvalue weighted by Gasteiger charge is 2.12. The molecular formula is C12H22N4O. The maximum atomic E-state index is 11.6. The zero-order valence-corrected chi connectivity index (χ0v) is 11.3. The Kier molecular flexibility index (Phi) is 4.28. The number of amides is 1. The molecule has 1 rings (SSSR count). The van der Waals surface area contributed by atoms with E-state index in [0.29, 0.717) is 13.1 Å². The van der Waals surface area contributed by atoms with Crippen LogP contribution < -0.4 is 5.32 Å². The molecule has 96 valence electrons. The number of hydrogen-bond acceptors (Lipinski definition) is 3. The zero-order valence-electron chi connectivity index (χ0n) is 11.3. The lowest BCUT2D eigenvalue weighted by molar-refractivity contribution is -0.129. The maximum absolute atomic E-state index is 11.6. The van der Waals surface area contributed by atoms with Crippen molar-refractivity contribution in [2.45, 2.75) is 39.4 Å². The van der Waals surface area contributed by atoms with Crippen LogP contribution in [0.2, 0.25) is 0 Å². The minimum Gasteiger partial charge on any atom is -0.347 e. The molecule has 0 saturated heterocycles. The molecule has 1 heterocycles. The van der Waals surface area contributed by atoms with E-state index in [-0.39, 0.29) is 11.4 Å². The molecule has 5 heteroatoms. The summed E-state index contributed by atoms with van der Waals surface area (Å²) in [4.78, 5) is 17.3. The zero-order chi connectivity index (χ0) is 13.1. The maximum Gasteiger partial charge on any atom is 0.242 e. The first-order valence-electron chi connectivity index (χ1n) is 5.74. The van der Waals surface area contributed by atoms with Crippen molar-refractivity contribution >= 4 is 5.91 Å². The Morgan fingerprint density at radius 1 is 1.47 bits per heavy atom. The van der Waals surface area contributed by atoms with E-state index in [0.717, 1.165) is 5.69 Å². The van der Waals surface area contributed by atoms with Gasteiger partial charge >= 0.3 is 0 Å². The molecule has 1 amide bonds. The highest BCUT2D eigenvalue weighted by Crippen LogP contribution is 2.04. The van der Waals surface area contributed by atoms with Gasteiger partial charge in [0, 0.05) is 32.4 Å². The van der Waals surface area contributed by atoms with Crippen molar-refractivity contribution in [3.63, 3.8) is 0 Å². The van der Waals surface area contributed by atoms with Gasteiger partial charge < -0.3 is 14.8 Å². The third-order valence-electron chi connectivity index (χ3n) is 2.40. The van der Waals surface area contributed by atoms with Gasteiger partial charge in [-0.2, -0.15) is 0 Å². The normalized spacial score (nSPS) is 11.6. The number of carbonyl (C=O) groups is 1. The average Bonchev–Trinajstić information content (AvgIpc) is 2.61. The summed E-state index contributed by atoms with van der Waals surface area (Å²) in [6, 6.07) is 0. The standard InChI is InChI=1S/C12H22N4O/c1-12(2,3)14-7-10-6-13-9-16(10)8-11(17)15(4)5/h6,9,14H,7-8H2,1-5H3. The van der Waals surface area contributed by atoms with Gasteiger partial charge in [0.05, 0.1) is 12.0 Å². The molecule has 0 atom stereocenters. The molecule has 1 N–H and O–H groups in total. The van der Waals surface area contributed by atoms with Crippen molar-refractivity contribution in [1.29, 1.82) is 0 Å². The first-order chi connectivity index (χ1) is 7.79. The van der Waals surface area contributed by atoms with E-state index in [2.05, 4.69) is 31.1 Å². The second-order valence-corrected chi connectivity index (χ2v) is 5.40. The van der Waals surface area contributed by atoms with E-state index in [1.807, 2.05) is 4.57 Å². The number of carbonyl (C=O) groups excluding carboxylic acids is 1. The largest absolute Gasteiger partial charge is 0.347 e. The van der Waals surface area contributed by atoms with Crippen LogP contribution in [0.15, 0.2) is 12.5 Å². The molecule has 0 aliphatic rings. The molecule has 1 aromatic heterocycles. The van der Waals surface area contributed by atoms with Crippen LogP contribution in [0.4, 0.5) is 0 Å². The number of nitrogens with one attached hydrogen (secondary N) is 1. The highest BCUT2D eigenvalue weighted by atomic mass is 16.2. The molecule has 0 radical (unpaired) electrons. The predicted octanol–water partition coefficient (Wildman–Crippen LogP) is 0.859. The molecule has 0 saturated carbocycles. The lowest BCUT2D eigenvalue weighted by Crippen LogP contribution is -2.36. The molecule has 0 fully saturated rings. The van der Waals surface area contributed by atoms with E-state index in [1.165, 1.54) is 0 Å². The van der Waals surface area contributed by atoms with E-state index in [4.69, 9.17) is 0 Å². The van der Waals surface area contributed by atoms with Crippen LogP contribution in [0.3, 0.4) is 0 Å². The molecule has 17 heavy (non-hydrogen) atoms. The summed E-state index contributed by atoms with van der Waals surface area (Å²) in [5, 5.41) is 3.38. The lowest BCUT2D eigenvalue weighted by atomic mass is 10.1. The van der Waals surface area contributed by atoms with Crippen LogP contribution in [0.5, 0.6) is 0 Å². The van der Waals surface area contributed by atoms with E-state index >= 15 is 0 Å².